The highest BCUT2D eigenvalue weighted by molar-refractivity contribution is 6.31. The molecule has 0 aliphatic heterocycles. The number of hydrogen-bond donors (Lipinski definition) is 3. The van der Waals surface area contributed by atoms with E-state index in [9.17, 15) is 27.6 Å². The number of imidazole rings is 1. The molecule has 0 bridgehead atoms. The van der Waals surface area contributed by atoms with Gasteiger partial charge in [-0.15, -0.1) is 0 Å². The molecule has 44 heavy (non-hydrogen) atoms. The summed E-state index contributed by atoms with van der Waals surface area (Å²) in [6.45, 7) is 7.15. The summed E-state index contributed by atoms with van der Waals surface area (Å²) in [7, 11) is 0. The Morgan fingerprint density at radius 3 is 2.32 bits per heavy atom. The van der Waals surface area contributed by atoms with E-state index in [-0.39, 0.29) is 29.1 Å². The summed E-state index contributed by atoms with van der Waals surface area (Å²) in [6.07, 6.45) is -3.75. The minimum Gasteiger partial charge on any atom is -0.460 e. The van der Waals surface area contributed by atoms with Crippen molar-refractivity contribution >= 4 is 51.8 Å². The highest BCUT2D eigenvalue weighted by Gasteiger charge is 2.40. The summed E-state index contributed by atoms with van der Waals surface area (Å²) in [5.41, 5.74) is -0.310. The van der Waals surface area contributed by atoms with E-state index in [1.54, 1.807) is 45.9 Å². The maximum atomic E-state index is 13.6. The van der Waals surface area contributed by atoms with Gasteiger partial charge in [-0.2, -0.15) is 13.2 Å². The topological polar surface area (TPSA) is 113 Å². The summed E-state index contributed by atoms with van der Waals surface area (Å²) in [5, 5.41) is 5.76. The number of aromatic nitrogens is 2. The second-order valence-corrected chi connectivity index (χ2v) is 12.2. The van der Waals surface area contributed by atoms with E-state index in [4.69, 9.17) is 16.3 Å². The molecule has 5 rings (SSSR count). The Morgan fingerprint density at radius 2 is 1.64 bits per heavy atom. The first-order chi connectivity index (χ1) is 20.6. The van der Waals surface area contributed by atoms with E-state index in [1.165, 1.54) is 24.3 Å². The molecule has 2 amide bonds. The van der Waals surface area contributed by atoms with Crippen LogP contribution in [0.2, 0.25) is 5.02 Å². The van der Waals surface area contributed by atoms with Gasteiger partial charge in [-0.1, -0.05) is 29.8 Å². The van der Waals surface area contributed by atoms with Gasteiger partial charge in [-0.3, -0.25) is 14.4 Å². The molecule has 0 radical (unpaired) electrons. The molecule has 1 heterocycles. The molecule has 12 heteroatoms. The highest BCUT2D eigenvalue weighted by Crippen LogP contribution is 2.42. The number of H-pyrrole nitrogens is 1. The van der Waals surface area contributed by atoms with Crippen LogP contribution < -0.4 is 10.6 Å². The lowest BCUT2D eigenvalue weighted by Gasteiger charge is -2.34. The van der Waals surface area contributed by atoms with Crippen LogP contribution in [-0.4, -0.2) is 33.4 Å². The Bertz CT molecular complexity index is 1770. The lowest BCUT2D eigenvalue weighted by atomic mass is 9.74. The van der Waals surface area contributed by atoms with Crippen LogP contribution >= 0.6 is 11.6 Å². The van der Waals surface area contributed by atoms with Crippen molar-refractivity contribution in [2.45, 2.75) is 58.2 Å². The third-order valence-electron chi connectivity index (χ3n) is 7.37. The van der Waals surface area contributed by atoms with Crippen LogP contribution in [0, 0.1) is 12.8 Å². The molecule has 0 spiro atoms. The number of aromatic amines is 1. The minimum atomic E-state index is -4.74. The van der Waals surface area contributed by atoms with Gasteiger partial charge in [-0.05, 0) is 82.5 Å². The number of carbonyl (C=O) groups excluding carboxylic acids is 3. The first-order valence-electron chi connectivity index (χ1n) is 13.9. The molecule has 1 fully saturated rings. The van der Waals surface area contributed by atoms with Crippen LogP contribution in [0.3, 0.4) is 0 Å². The van der Waals surface area contributed by atoms with Gasteiger partial charge in [0.2, 0.25) is 0 Å². The number of benzene rings is 3. The van der Waals surface area contributed by atoms with E-state index in [0.29, 0.717) is 46.0 Å². The number of nitrogens with one attached hydrogen (secondary N) is 3. The third kappa shape index (κ3) is 6.57. The lowest BCUT2D eigenvalue weighted by molar-refractivity contribution is -0.163. The molecule has 8 nitrogen and oxygen atoms in total. The highest BCUT2D eigenvalue weighted by atomic mass is 35.5. The van der Waals surface area contributed by atoms with Gasteiger partial charge >= 0.3 is 12.1 Å². The number of carbonyl (C=O) groups is 3. The molecule has 230 valence electrons. The molecular formula is C32H30ClF3N4O4. The van der Waals surface area contributed by atoms with Gasteiger partial charge in [0.15, 0.2) is 0 Å². The summed E-state index contributed by atoms with van der Waals surface area (Å²) in [4.78, 5) is 47.0. The van der Waals surface area contributed by atoms with Crippen LogP contribution in [-0.2, 0) is 15.7 Å². The number of rotatable bonds is 6. The predicted octanol–water partition coefficient (Wildman–Crippen LogP) is 7.88. The number of nitrogens with zero attached hydrogens (tertiary/aromatic N) is 1. The van der Waals surface area contributed by atoms with Crippen LogP contribution in [0.1, 0.15) is 77.2 Å². The van der Waals surface area contributed by atoms with Crippen LogP contribution in [0.15, 0.2) is 54.6 Å². The number of ether oxygens (including phenoxy) is 1. The molecule has 3 aromatic carbocycles. The Hall–Kier alpha value is -4.38. The maximum Gasteiger partial charge on any atom is 0.417 e. The first kappa shape index (κ1) is 31.1. The molecule has 1 aromatic heterocycles. The Kier molecular flexibility index (Phi) is 8.19. The number of hydrogen-bond acceptors (Lipinski definition) is 5. The smallest absolute Gasteiger partial charge is 0.417 e. The minimum absolute atomic E-state index is 0.0757. The second-order valence-electron chi connectivity index (χ2n) is 11.8. The van der Waals surface area contributed by atoms with Crippen LogP contribution in [0.25, 0.3) is 11.0 Å². The van der Waals surface area contributed by atoms with Crippen molar-refractivity contribution in [1.82, 2.24) is 9.97 Å². The largest absolute Gasteiger partial charge is 0.460 e. The second kappa shape index (κ2) is 11.6. The number of alkyl halides is 3. The SMILES string of the molecule is Cc1c(Cl)cccc1NC(=O)c1cc(NC(=O)c2ccccc2C(F)(F)F)cc2[nH]c(C3CC(C(=O)OC(C)(C)C)C3)nc12. The quantitative estimate of drug-likeness (QED) is 0.188. The fourth-order valence-electron chi connectivity index (χ4n) is 5.05. The van der Waals surface area contributed by atoms with Crippen molar-refractivity contribution < 1.29 is 32.3 Å². The van der Waals surface area contributed by atoms with Crippen molar-refractivity contribution in [1.29, 1.82) is 0 Å². The van der Waals surface area contributed by atoms with Crippen LogP contribution in [0.5, 0.6) is 0 Å². The number of anilines is 2. The van der Waals surface area contributed by atoms with E-state index in [0.717, 1.165) is 12.1 Å². The summed E-state index contributed by atoms with van der Waals surface area (Å²) in [5.74, 6) is -1.70. The van der Waals surface area contributed by atoms with Crippen LogP contribution in [0.4, 0.5) is 24.5 Å². The van der Waals surface area contributed by atoms with Gasteiger partial charge in [0.25, 0.3) is 11.8 Å². The normalized spacial score (nSPS) is 16.7. The fourth-order valence-corrected chi connectivity index (χ4v) is 5.23. The van der Waals surface area contributed by atoms with E-state index in [2.05, 4.69) is 20.6 Å². The molecule has 4 aromatic rings. The number of amides is 2. The molecule has 0 atom stereocenters. The zero-order valence-corrected chi connectivity index (χ0v) is 25.1. The summed E-state index contributed by atoms with van der Waals surface area (Å²) < 4.78 is 46.2. The van der Waals surface area contributed by atoms with Gasteiger partial charge < -0.3 is 20.4 Å². The van der Waals surface area contributed by atoms with Gasteiger partial charge in [0.1, 0.15) is 16.9 Å². The molecule has 1 aliphatic carbocycles. The molecule has 0 saturated heterocycles. The Morgan fingerprint density at radius 1 is 0.955 bits per heavy atom. The number of halogens is 4. The lowest BCUT2D eigenvalue weighted by Crippen LogP contribution is -2.35. The molecule has 1 saturated carbocycles. The monoisotopic (exact) mass is 626 g/mol. The molecule has 1 aliphatic rings. The average molecular weight is 627 g/mol. The van der Waals surface area contributed by atoms with Crippen molar-refractivity contribution in [3.63, 3.8) is 0 Å². The number of esters is 1. The zero-order chi connectivity index (χ0) is 32.0. The van der Waals surface area contributed by atoms with Gasteiger partial charge in [-0.25, -0.2) is 4.98 Å². The first-order valence-corrected chi connectivity index (χ1v) is 14.3. The van der Waals surface area contributed by atoms with Gasteiger partial charge in [0.05, 0.1) is 28.1 Å². The molecule has 0 unspecified atom stereocenters. The summed E-state index contributed by atoms with van der Waals surface area (Å²) in [6, 6.07) is 12.4. The zero-order valence-electron chi connectivity index (χ0n) is 24.4. The third-order valence-corrected chi connectivity index (χ3v) is 7.77. The Labute approximate surface area is 256 Å². The standard InChI is InChI=1S/C32H30ClF3N4O4/c1-16-23(33)10-7-11-24(16)39-29(42)21-14-19(37-28(41)20-8-5-6-9-22(20)32(34,35)36)15-25-26(21)40-27(38-25)17-12-18(13-17)30(43)44-31(2,3)4/h5-11,14-15,17-18H,12-13H2,1-4H3,(H,37,41)(H,38,40)(H,39,42). The van der Waals surface area contributed by atoms with Crippen molar-refractivity contribution in [3.8, 4) is 0 Å². The maximum absolute atomic E-state index is 13.6. The molecular weight excluding hydrogens is 597 g/mol. The predicted molar refractivity (Wildman–Crippen MR) is 161 cm³/mol. The van der Waals surface area contributed by atoms with Gasteiger partial charge in [0, 0.05) is 22.3 Å². The Balaban J connectivity index is 1.48. The van der Waals surface area contributed by atoms with Crippen molar-refractivity contribution in [2.24, 2.45) is 5.92 Å². The number of fused-ring (bicyclic) bond motifs is 1. The van der Waals surface area contributed by atoms with Crippen molar-refractivity contribution in [3.05, 3.63) is 87.7 Å². The van der Waals surface area contributed by atoms with E-state index < -0.39 is 34.7 Å². The van der Waals surface area contributed by atoms with E-state index in [1.807, 2.05) is 0 Å². The average Bonchev–Trinajstić information content (AvgIpc) is 3.31. The fraction of sp³-hybridized carbons (Fsp3) is 0.312. The van der Waals surface area contributed by atoms with E-state index >= 15 is 0 Å². The van der Waals surface area contributed by atoms with Crippen molar-refractivity contribution in [2.75, 3.05) is 10.6 Å². The summed E-state index contributed by atoms with van der Waals surface area (Å²) >= 11 is 6.22. The molecule has 3 N–H and O–H groups in total.